The van der Waals surface area contributed by atoms with Crippen LogP contribution in [0, 0.1) is 0 Å². The normalized spacial score (nSPS) is 21.7. The molecule has 1 aromatic heterocycles. The molecule has 1 aliphatic heterocycles. The van der Waals surface area contributed by atoms with Crippen LogP contribution in [0.1, 0.15) is 24.4 Å². The van der Waals surface area contributed by atoms with E-state index in [0.717, 1.165) is 12.1 Å². The Bertz CT molecular complexity index is 663. The number of hydrogen-bond acceptors (Lipinski definition) is 5. The van der Waals surface area contributed by atoms with E-state index in [0.29, 0.717) is 19.0 Å². The lowest BCUT2D eigenvalue weighted by molar-refractivity contribution is -0.137. The first kappa shape index (κ1) is 17.7. The van der Waals surface area contributed by atoms with Crippen molar-refractivity contribution in [3.8, 4) is 11.4 Å². The number of ether oxygens (including phenoxy) is 1. The molecule has 1 N–H and O–H groups in total. The topological polar surface area (TPSA) is 60.2 Å². The van der Waals surface area contributed by atoms with Gasteiger partial charge in [0, 0.05) is 12.1 Å². The van der Waals surface area contributed by atoms with Crippen LogP contribution >= 0.6 is 12.4 Å². The Hall–Kier alpha value is -1.64. The Balaban J connectivity index is 0.00000192. The third kappa shape index (κ3) is 3.82. The van der Waals surface area contributed by atoms with Crippen molar-refractivity contribution >= 4 is 12.4 Å². The number of nitrogens with zero attached hydrogens (tertiary/aromatic N) is 2. The molecule has 1 saturated heterocycles. The van der Waals surface area contributed by atoms with Gasteiger partial charge in [0.2, 0.25) is 11.7 Å². The van der Waals surface area contributed by atoms with Crippen LogP contribution in [0.5, 0.6) is 0 Å². The highest BCUT2D eigenvalue weighted by Crippen LogP contribution is 2.32. The number of nitrogens with one attached hydrogen (secondary N) is 1. The molecule has 126 valence electrons. The zero-order chi connectivity index (χ0) is 15.7. The summed E-state index contributed by atoms with van der Waals surface area (Å²) >= 11 is 0. The van der Waals surface area contributed by atoms with Crippen LogP contribution in [0.4, 0.5) is 13.2 Å². The molecule has 0 amide bonds. The number of benzene rings is 1. The molecular formula is C14H15ClF3N3O2. The van der Waals surface area contributed by atoms with Crippen LogP contribution in [0.25, 0.3) is 11.4 Å². The fourth-order valence-electron chi connectivity index (χ4n) is 2.32. The van der Waals surface area contributed by atoms with Gasteiger partial charge in [-0.3, -0.25) is 0 Å². The first-order valence-electron chi connectivity index (χ1n) is 6.81. The van der Waals surface area contributed by atoms with E-state index in [1.165, 1.54) is 12.1 Å². The zero-order valence-corrected chi connectivity index (χ0v) is 12.9. The van der Waals surface area contributed by atoms with Gasteiger partial charge in [-0.15, -0.1) is 12.4 Å². The maximum atomic E-state index is 12.7. The van der Waals surface area contributed by atoms with E-state index in [9.17, 15) is 13.2 Å². The summed E-state index contributed by atoms with van der Waals surface area (Å²) in [5, 5.41) is 6.95. The molecule has 5 nitrogen and oxygen atoms in total. The number of hydrogen-bond donors (Lipinski definition) is 1. The minimum atomic E-state index is -4.41. The fourth-order valence-corrected chi connectivity index (χ4v) is 2.32. The molecule has 1 aliphatic rings. The van der Waals surface area contributed by atoms with Crippen molar-refractivity contribution < 1.29 is 22.4 Å². The molecule has 0 bridgehead atoms. The predicted octanol–water partition coefficient (Wildman–Crippen LogP) is 3.23. The average Bonchev–Trinajstić information content (AvgIpc) is 2.97. The van der Waals surface area contributed by atoms with Crippen molar-refractivity contribution in [2.45, 2.75) is 25.2 Å². The Morgan fingerprint density at radius 2 is 2.09 bits per heavy atom. The van der Waals surface area contributed by atoms with E-state index in [1.807, 2.05) is 6.92 Å². The smallest absolute Gasteiger partial charge is 0.375 e. The summed E-state index contributed by atoms with van der Waals surface area (Å²) in [5.74, 6) is 0.431. The second-order valence-electron chi connectivity index (χ2n) is 5.04. The molecule has 2 heterocycles. The molecule has 1 fully saturated rings. The van der Waals surface area contributed by atoms with Gasteiger partial charge in [0.15, 0.2) is 0 Å². The van der Waals surface area contributed by atoms with E-state index in [2.05, 4.69) is 15.5 Å². The maximum Gasteiger partial charge on any atom is 0.416 e. The van der Waals surface area contributed by atoms with Crippen LogP contribution in [0.2, 0.25) is 0 Å². The number of alkyl halides is 3. The molecular weight excluding hydrogens is 335 g/mol. The molecule has 0 radical (unpaired) electrons. The summed E-state index contributed by atoms with van der Waals surface area (Å²) in [6.07, 6.45) is -4.56. The van der Waals surface area contributed by atoms with E-state index < -0.39 is 11.7 Å². The maximum absolute atomic E-state index is 12.7. The second kappa shape index (κ2) is 6.86. The summed E-state index contributed by atoms with van der Waals surface area (Å²) in [7, 11) is 0. The molecule has 0 saturated carbocycles. The lowest BCUT2D eigenvalue weighted by Gasteiger charge is -2.27. The highest BCUT2D eigenvalue weighted by atomic mass is 35.5. The summed E-state index contributed by atoms with van der Waals surface area (Å²) in [6.45, 7) is 3.10. The fraction of sp³-hybridized carbons (Fsp3) is 0.429. The van der Waals surface area contributed by atoms with Crippen molar-refractivity contribution in [2.75, 3.05) is 13.2 Å². The van der Waals surface area contributed by atoms with Gasteiger partial charge in [0.05, 0.1) is 18.3 Å². The lowest BCUT2D eigenvalue weighted by Crippen LogP contribution is -2.40. The van der Waals surface area contributed by atoms with Crippen LogP contribution in [0.15, 0.2) is 28.8 Å². The average molecular weight is 350 g/mol. The van der Waals surface area contributed by atoms with Crippen LogP contribution < -0.4 is 5.32 Å². The van der Waals surface area contributed by atoms with Crippen LogP contribution in [-0.4, -0.2) is 29.4 Å². The first-order chi connectivity index (χ1) is 10.4. The molecule has 9 heteroatoms. The van der Waals surface area contributed by atoms with Gasteiger partial charge in [-0.05, 0) is 19.1 Å². The Kier molecular flexibility index (Phi) is 5.28. The van der Waals surface area contributed by atoms with Gasteiger partial charge in [-0.25, -0.2) is 0 Å². The molecule has 0 spiro atoms. The number of morpholine rings is 1. The van der Waals surface area contributed by atoms with Gasteiger partial charge in [0.1, 0.15) is 6.04 Å². The Morgan fingerprint density at radius 1 is 1.30 bits per heavy atom. The van der Waals surface area contributed by atoms with Gasteiger partial charge >= 0.3 is 6.18 Å². The van der Waals surface area contributed by atoms with Crippen molar-refractivity contribution in [2.24, 2.45) is 0 Å². The minimum absolute atomic E-state index is 0. The van der Waals surface area contributed by atoms with Gasteiger partial charge < -0.3 is 14.6 Å². The van der Waals surface area contributed by atoms with E-state index >= 15 is 0 Å². The SMILES string of the molecule is C[C@H]1OCCN[C@@H]1c1nc(-c2cccc(C(F)(F)F)c2)no1.Cl. The van der Waals surface area contributed by atoms with Crippen LogP contribution in [-0.2, 0) is 10.9 Å². The summed E-state index contributed by atoms with van der Waals surface area (Å²) < 4.78 is 48.9. The van der Waals surface area contributed by atoms with Crippen molar-refractivity contribution in [1.29, 1.82) is 0 Å². The summed E-state index contributed by atoms with van der Waals surface area (Å²) in [5.41, 5.74) is -0.488. The first-order valence-corrected chi connectivity index (χ1v) is 6.81. The molecule has 23 heavy (non-hydrogen) atoms. The van der Waals surface area contributed by atoms with E-state index in [4.69, 9.17) is 9.26 Å². The standard InChI is InChI=1S/C14H14F3N3O2.ClH/c1-8-11(18-5-6-21-8)13-19-12(20-22-13)9-3-2-4-10(7-9)14(15,16)17;/h2-4,7-8,11,18H,5-6H2,1H3;1H/t8-,11+;/m1./s1. The molecule has 3 rings (SSSR count). The summed E-state index contributed by atoms with van der Waals surface area (Å²) in [4.78, 5) is 4.19. The number of halogens is 4. The van der Waals surface area contributed by atoms with Crippen molar-refractivity contribution in [3.05, 3.63) is 35.7 Å². The van der Waals surface area contributed by atoms with Crippen molar-refractivity contribution in [3.63, 3.8) is 0 Å². The largest absolute Gasteiger partial charge is 0.416 e. The highest BCUT2D eigenvalue weighted by molar-refractivity contribution is 5.85. The third-order valence-electron chi connectivity index (χ3n) is 3.47. The molecule has 1 aromatic carbocycles. The quantitative estimate of drug-likeness (QED) is 0.902. The monoisotopic (exact) mass is 349 g/mol. The van der Waals surface area contributed by atoms with Crippen molar-refractivity contribution in [1.82, 2.24) is 15.5 Å². The molecule has 2 atom stereocenters. The molecule has 2 aromatic rings. The van der Waals surface area contributed by atoms with Gasteiger partial charge in [0.25, 0.3) is 0 Å². The predicted molar refractivity (Wildman–Crippen MR) is 78.1 cm³/mol. The zero-order valence-electron chi connectivity index (χ0n) is 12.1. The minimum Gasteiger partial charge on any atom is -0.375 e. The number of rotatable bonds is 2. The van der Waals surface area contributed by atoms with E-state index in [1.54, 1.807) is 0 Å². The van der Waals surface area contributed by atoms with E-state index in [-0.39, 0.29) is 35.9 Å². The van der Waals surface area contributed by atoms with Crippen LogP contribution in [0.3, 0.4) is 0 Å². The summed E-state index contributed by atoms with van der Waals surface area (Å²) in [6, 6.07) is 4.57. The highest BCUT2D eigenvalue weighted by Gasteiger charge is 2.31. The molecule has 0 unspecified atom stereocenters. The Morgan fingerprint density at radius 3 is 2.78 bits per heavy atom. The molecule has 0 aliphatic carbocycles. The van der Waals surface area contributed by atoms with Gasteiger partial charge in [-0.2, -0.15) is 18.2 Å². The van der Waals surface area contributed by atoms with Gasteiger partial charge in [-0.1, -0.05) is 17.3 Å². The lowest BCUT2D eigenvalue weighted by atomic mass is 10.1. The Labute approximate surface area is 136 Å². The number of aromatic nitrogens is 2. The second-order valence-corrected chi connectivity index (χ2v) is 5.04. The third-order valence-corrected chi connectivity index (χ3v) is 3.47.